The van der Waals surface area contributed by atoms with Crippen LogP contribution >= 0.6 is 0 Å². The largest absolute Gasteiger partial charge is 0.493 e. The number of hydrogen-bond acceptors (Lipinski definition) is 4. The van der Waals surface area contributed by atoms with Gasteiger partial charge in [-0.25, -0.2) is 0 Å². The number of aliphatic hydroxyl groups is 1. The molecule has 0 aliphatic carbocycles. The van der Waals surface area contributed by atoms with E-state index in [0.717, 1.165) is 24.3 Å². The number of nitrogens with two attached hydrogens (primary N) is 2. The summed E-state index contributed by atoms with van der Waals surface area (Å²) in [6.07, 6.45) is 0.921. The number of benzene rings is 1. The van der Waals surface area contributed by atoms with Crippen molar-refractivity contribution in [2.45, 2.75) is 18.5 Å². The normalized spacial score (nSPS) is 18.1. The number of rotatable bonds is 3. The van der Waals surface area contributed by atoms with Gasteiger partial charge < -0.3 is 21.3 Å². The van der Waals surface area contributed by atoms with Crippen molar-refractivity contribution in [1.82, 2.24) is 0 Å². The second-order valence-corrected chi connectivity index (χ2v) is 3.84. The van der Waals surface area contributed by atoms with E-state index < -0.39 is 6.04 Å². The third-order valence-corrected chi connectivity index (χ3v) is 2.77. The van der Waals surface area contributed by atoms with Crippen molar-refractivity contribution in [3.05, 3.63) is 29.3 Å². The maximum atomic E-state index is 8.93. The molecule has 1 heterocycles. The van der Waals surface area contributed by atoms with E-state index in [1.54, 1.807) is 0 Å². The fraction of sp³-hybridized carbons (Fsp3) is 0.455. The fourth-order valence-corrected chi connectivity index (χ4v) is 1.77. The Morgan fingerprint density at radius 1 is 1.40 bits per heavy atom. The molecule has 5 N–H and O–H groups in total. The molecule has 2 unspecified atom stereocenters. The van der Waals surface area contributed by atoms with Crippen LogP contribution in [0.5, 0.6) is 5.75 Å². The minimum atomic E-state index is -0.412. The summed E-state index contributed by atoms with van der Waals surface area (Å²) < 4.78 is 5.40. The topological polar surface area (TPSA) is 81.5 Å². The fourth-order valence-electron chi connectivity index (χ4n) is 1.77. The van der Waals surface area contributed by atoms with Gasteiger partial charge in [0.05, 0.1) is 13.2 Å². The van der Waals surface area contributed by atoms with Crippen LogP contribution in [0.15, 0.2) is 18.2 Å². The summed E-state index contributed by atoms with van der Waals surface area (Å²) in [6, 6.07) is 5.11. The molecule has 0 bridgehead atoms. The second kappa shape index (κ2) is 4.18. The van der Waals surface area contributed by atoms with Gasteiger partial charge in [-0.15, -0.1) is 0 Å². The molecule has 82 valence electrons. The van der Waals surface area contributed by atoms with Gasteiger partial charge in [0, 0.05) is 18.5 Å². The van der Waals surface area contributed by atoms with E-state index in [1.807, 2.05) is 18.2 Å². The summed E-state index contributed by atoms with van der Waals surface area (Å²) >= 11 is 0. The summed E-state index contributed by atoms with van der Waals surface area (Å²) in [5.41, 5.74) is 13.7. The standard InChI is InChI=1S/C11H16N2O2/c12-9(6-14)11(13)8-1-2-10-7(5-8)3-4-15-10/h1-2,5,9,11,14H,3-4,6,12-13H2. The van der Waals surface area contributed by atoms with E-state index in [9.17, 15) is 0 Å². The highest BCUT2D eigenvalue weighted by Crippen LogP contribution is 2.28. The predicted octanol–water partition coefficient (Wildman–Crippen LogP) is -0.0591. The first-order chi connectivity index (χ1) is 7.22. The lowest BCUT2D eigenvalue weighted by atomic mass is 9.98. The molecule has 1 aromatic carbocycles. The third-order valence-electron chi connectivity index (χ3n) is 2.77. The molecule has 4 nitrogen and oxygen atoms in total. The highest BCUT2D eigenvalue weighted by molar-refractivity contribution is 5.41. The summed E-state index contributed by atoms with van der Waals surface area (Å²) in [4.78, 5) is 0. The monoisotopic (exact) mass is 208 g/mol. The zero-order chi connectivity index (χ0) is 10.8. The first-order valence-electron chi connectivity index (χ1n) is 5.10. The molecule has 0 fully saturated rings. The minimum absolute atomic E-state index is 0.102. The Hall–Kier alpha value is -1.10. The van der Waals surface area contributed by atoms with Crippen LogP contribution in [0.1, 0.15) is 17.2 Å². The third kappa shape index (κ3) is 1.97. The van der Waals surface area contributed by atoms with Crippen LogP contribution < -0.4 is 16.2 Å². The lowest BCUT2D eigenvalue weighted by molar-refractivity contribution is 0.250. The van der Waals surface area contributed by atoms with Crippen LogP contribution in [0.25, 0.3) is 0 Å². The van der Waals surface area contributed by atoms with Crippen LogP contribution in [0.2, 0.25) is 0 Å². The van der Waals surface area contributed by atoms with Crippen LogP contribution in [0.4, 0.5) is 0 Å². The van der Waals surface area contributed by atoms with Gasteiger partial charge in [0.1, 0.15) is 5.75 Å². The number of hydrogen-bond donors (Lipinski definition) is 3. The summed E-state index contributed by atoms with van der Waals surface area (Å²) in [5, 5.41) is 8.93. The van der Waals surface area contributed by atoms with E-state index in [4.69, 9.17) is 21.3 Å². The van der Waals surface area contributed by atoms with E-state index in [0.29, 0.717) is 0 Å². The lowest BCUT2D eigenvalue weighted by Crippen LogP contribution is -2.37. The summed E-state index contributed by atoms with van der Waals surface area (Å²) in [7, 11) is 0. The van der Waals surface area contributed by atoms with Crippen LogP contribution in [0.3, 0.4) is 0 Å². The van der Waals surface area contributed by atoms with E-state index >= 15 is 0 Å². The van der Waals surface area contributed by atoms with Gasteiger partial charge in [0.15, 0.2) is 0 Å². The Labute approximate surface area is 88.8 Å². The Morgan fingerprint density at radius 3 is 2.93 bits per heavy atom. The molecule has 2 atom stereocenters. The molecular weight excluding hydrogens is 192 g/mol. The molecule has 0 aromatic heterocycles. The molecule has 1 aliphatic heterocycles. The van der Waals surface area contributed by atoms with Crippen molar-refractivity contribution < 1.29 is 9.84 Å². The Balaban J connectivity index is 2.22. The van der Waals surface area contributed by atoms with Crippen LogP contribution in [0, 0.1) is 0 Å². The molecule has 0 spiro atoms. The maximum Gasteiger partial charge on any atom is 0.122 e. The lowest BCUT2D eigenvalue weighted by Gasteiger charge is -2.18. The van der Waals surface area contributed by atoms with E-state index in [-0.39, 0.29) is 12.6 Å². The van der Waals surface area contributed by atoms with Crippen molar-refractivity contribution in [2.24, 2.45) is 11.5 Å². The van der Waals surface area contributed by atoms with Gasteiger partial charge in [-0.05, 0) is 17.2 Å². The highest BCUT2D eigenvalue weighted by Gasteiger charge is 2.18. The smallest absolute Gasteiger partial charge is 0.122 e. The van der Waals surface area contributed by atoms with Gasteiger partial charge in [-0.1, -0.05) is 12.1 Å². The molecule has 1 aliphatic rings. The van der Waals surface area contributed by atoms with Gasteiger partial charge in [0.25, 0.3) is 0 Å². The first kappa shape index (κ1) is 10.4. The zero-order valence-corrected chi connectivity index (χ0v) is 8.52. The van der Waals surface area contributed by atoms with Gasteiger partial charge in [-0.2, -0.15) is 0 Å². The molecule has 2 rings (SSSR count). The zero-order valence-electron chi connectivity index (χ0n) is 8.52. The van der Waals surface area contributed by atoms with Crippen molar-refractivity contribution >= 4 is 0 Å². The summed E-state index contributed by atoms with van der Waals surface area (Å²) in [5.74, 6) is 0.934. The van der Waals surface area contributed by atoms with E-state index in [2.05, 4.69) is 0 Å². The molecule has 1 aromatic rings. The Morgan fingerprint density at radius 2 is 2.20 bits per heavy atom. The molecule has 15 heavy (non-hydrogen) atoms. The van der Waals surface area contributed by atoms with Crippen LogP contribution in [-0.2, 0) is 6.42 Å². The molecular formula is C11H16N2O2. The number of fused-ring (bicyclic) bond motifs is 1. The van der Waals surface area contributed by atoms with Crippen molar-refractivity contribution in [2.75, 3.05) is 13.2 Å². The predicted molar refractivity (Wildman–Crippen MR) is 57.6 cm³/mol. The molecule has 0 saturated carbocycles. The second-order valence-electron chi connectivity index (χ2n) is 3.84. The average Bonchev–Trinajstić information content (AvgIpc) is 2.73. The number of ether oxygens (including phenoxy) is 1. The summed E-state index contributed by atoms with van der Waals surface area (Å²) in [6.45, 7) is 0.634. The average molecular weight is 208 g/mol. The van der Waals surface area contributed by atoms with Crippen molar-refractivity contribution in [3.8, 4) is 5.75 Å². The maximum absolute atomic E-state index is 8.93. The van der Waals surface area contributed by atoms with Gasteiger partial charge in [0.2, 0.25) is 0 Å². The van der Waals surface area contributed by atoms with Crippen LogP contribution in [-0.4, -0.2) is 24.4 Å². The Kier molecular flexibility index (Phi) is 2.90. The van der Waals surface area contributed by atoms with Crippen molar-refractivity contribution in [1.29, 1.82) is 0 Å². The van der Waals surface area contributed by atoms with Gasteiger partial charge in [-0.3, -0.25) is 0 Å². The van der Waals surface area contributed by atoms with E-state index in [1.165, 1.54) is 5.56 Å². The van der Waals surface area contributed by atoms with Crippen molar-refractivity contribution in [3.63, 3.8) is 0 Å². The quantitative estimate of drug-likeness (QED) is 0.650. The van der Waals surface area contributed by atoms with Gasteiger partial charge >= 0.3 is 0 Å². The minimum Gasteiger partial charge on any atom is -0.493 e. The first-order valence-corrected chi connectivity index (χ1v) is 5.10. The number of aliphatic hydroxyl groups excluding tert-OH is 1. The molecule has 0 radical (unpaired) electrons. The SMILES string of the molecule is NC(CO)C(N)c1ccc2c(c1)CCO2. The highest BCUT2D eigenvalue weighted by atomic mass is 16.5. The molecule has 0 saturated heterocycles. The Bertz CT molecular complexity index is 354. The molecule has 4 heteroatoms. The molecule has 0 amide bonds.